The van der Waals surface area contributed by atoms with Gasteiger partial charge in [0.15, 0.2) is 5.78 Å². The number of ketones is 1. The molecule has 0 fully saturated rings. The SMILES string of the molecule is CCOC(=O)c1c(C)c(C(=O)CCNC(C)C(O)c2ccccc2)c(C)n1C. The molecule has 2 aromatic rings. The van der Waals surface area contributed by atoms with Gasteiger partial charge in [0, 0.05) is 37.3 Å². The van der Waals surface area contributed by atoms with Crippen LogP contribution in [-0.2, 0) is 11.8 Å². The van der Waals surface area contributed by atoms with Crippen LogP contribution in [-0.4, -0.2) is 40.6 Å². The van der Waals surface area contributed by atoms with Crippen LogP contribution in [0.4, 0.5) is 0 Å². The molecule has 0 aliphatic carbocycles. The first-order valence-electron chi connectivity index (χ1n) is 9.62. The normalized spacial score (nSPS) is 13.2. The number of nitrogens with zero attached hydrogens (tertiary/aromatic N) is 1. The number of benzene rings is 1. The van der Waals surface area contributed by atoms with Crippen molar-refractivity contribution in [2.24, 2.45) is 7.05 Å². The first kappa shape index (κ1) is 21.9. The maximum absolute atomic E-state index is 12.8. The second-order valence-electron chi connectivity index (χ2n) is 6.99. The summed E-state index contributed by atoms with van der Waals surface area (Å²) in [5, 5.41) is 13.6. The van der Waals surface area contributed by atoms with E-state index < -0.39 is 12.1 Å². The third-order valence-corrected chi connectivity index (χ3v) is 5.11. The van der Waals surface area contributed by atoms with E-state index in [4.69, 9.17) is 4.74 Å². The molecule has 0 amide bonds. The highest BCUT2D eigenvalue weighted by Gasteiger charge is 2.25. The van der Waals surface area contributed by atoms with Gasteiger partial charge >= 0.3 is 5.97 Å². The first-order chi connectivity index (χ1) is 13.3. The van der Waals surface area contributed by atoms with Crippen LogP contribution in [0.25, 0.3) is 0 Å². The third-order valence-electron chi connectivity index (χ3n) is 5.11. The Morgan fingerprint density at radius 2 is 1.86 bits per heavy atom. The van der Waals surface area contributed by atoms with Gasteiger partial charge in [0.25, 0.3) is 0 Å². The molecule has 6 nitrogen and oxygen atoms in total. The van der Waals surface area contributed by atoms with Crippen LogP contribution in [0.15, 0.2) is 30.3 Å². The number of rotatable bonds is 9. The van der Waals surface area contributed by atoms with Gasteiger partial charge in [-0.05, 0) is 38.8 Å². The lowest BCUT2D eigenvalue weighted by Gasteiger charge is -2.20. The van der Waals surface area contributed by atoms with Crippen LogP contribution in [0.5, 0.6) is 0 Å². The Kier molecular flexibility index (Phi) is 7.54. The minimum Gasteiger partial charge on any atom is -0.461 e. The molecule has 28 heavy (non-hydrogen) atoms. The lowest BCUT2D eigenvalue weighted by atomic mass is 10.0. The molecule has 2 atom stereocenters. The zero-order valence-electron chi connectivity index (χ0n) is 17.3. The summed E-state index contributed by atoms with van der Waals surface area (Å²) in [7, 11) is 1.77. The highest BCUT2D eigenvalue weighted by atomic mass is 16.5. The topological polar surface area (TPSA) is 80.6 Å². The van der Waals surface area contributed by atoms with Crippen molar-refractivity contribution in [3.63, 3.8) is 0 Å². The van der Waals surface area contributed by atoms with Gasteiger partial charge in [-0.1, -0.05) is 30.3 Å². The molecule has 0 aliphatic heterocycles. The monoisotopic (exact) mass is 386 g/mol. The summed E-state index contributed by atoms with van der Waals surface area (Å²) in [6.07, 6.45) is -0.369. The number of Topliss-reactive ketones (excluding diaryl/α,β-unsaturated/α-hetero) is 1. The fraction of sp³-hybridized carbons (Fsp3) is 0.455. The summed E-state index contributed by atoms with van der Waals surface area (Å²) in [6.45, 7) is 7.98. The number of aromatic nitrogens is 1. The number of hydrogen-bond donors (Lipinski definition) is 2. The summed E-state index contributed by atoms with van der Waals surface area (Å²) in [5.41, 5.74) is 3.23. The quantitative estimate of drug-likeness (QED) is 0.511. The number of hydrogen-bond acceptors (Lipinski definition) is 5. The number of aliphatic hydroxyl groups excluding tert-OH is 1. The van der Waals surface area contributed by atoms with E-state index in [9.17, 15) is 14.7 Å². The number of aliphatic hydroxyl groups is 1. The van der Waals surface area contributed by atoms with Gasteiger partial charge in [0.05, 0.1) is 12.7 Å². The van der Waals surface area contributed by atoms with Gasteiger partial charge in [-0.3, -0.25) is 4.79 Å². The summed E-state index contributed by atoms with van der Waals surface area (Å²) < 4.78 is 6.83. The summed E-state index contributed by atoms with van der Waals surface area (Å²) in [6, 6.07) is 9.24. The molecule has 0 spiro atoms. The van der Waals surface area contributed by atoms with E-state index in [1.807, 2.05) is 44.2 Å². The number of esters is 1. The Morgan fingerprint density at radius 1 is 1.21 bits per heavy atom. The standard InChI is InChI=1S/C22H30N2O4/c1-6-28-22(27)20-14(2)19(16(4)24(20)5)18(25)12-13-23-15(3)21(26)17-10-8-7-9-11-17/h7-11,15,21,23,26H,6,12-13H2,1-5H3. The Balaban J connectivity index is 2.02. The van der Waals surface area contributed by atoms with Crippen LogP contribution >= 0.6 is 0 Å². The third kappa shape index (κ3) is 4.69. The number of nitrogens with one attached hydrogen (secondary N) is 1. The molecule has 0 aliphatic rings. The zero-order valence-corrected chi connectivity index (χ0v) is 17.3. The summed E-state index contributed by atoms with van der Waals surface area (Å²) >= 11 is 0. The molecule has 152 valence electrons. The van der Waals surface area contributed by atoms with E-state index in [1.165, 1.54) is 0 Å². The van der Waals surface area contributed by atoms with Gasteiger partial charge in [-0.2, -0.15) is 0 Å². The van der Waals surface area contributed by atoms with E-state index in [0.29, 0.717) is 23.4 Å². The smallest absolute Gasteiger partial charge is 0.355 e. The van der Waals surface area contributed by atoms with Crippen LogP contribution < -0.4 is 5.32 Å². The second-order valence-corrected chi connectivity index (χ2v) is 6.99. The minimum absolute atomic E-state index is 0.0324. The molecule has 0 saturated carbocycles. The van der Waals surface area contributed by atoms with Crippen molar-refractivity contribution in [2.75, 3.05) is 13.2 Å². The molecule has 0 radical (unpaired) electrons. The zero-order chi connectivity index (χ0) is 20.8. The highest BCUT2D eigenvalue weighted by Crippen LogP contribution is 2.23. The van der Waals surface area contributed by atoms with Crippen LogP contribution in [0, 0.1) is 13.8 Å². The van der Waals surface area contributed by atoms with Crippen molar-refractivity contribution in [1.82, 2.24) is 9.88 Å². The fourth-order valence-corrected chi connectivity index (χ4v) is 3.47. The van der Waals surface area contributed by atoms with E-state index in [-0.39, 0.29) is 24.9 Å². The molecule has 2 rings (SSSR count). The average molecular weight is 386 g/mol. The molecule has 2 unspecified atom stereocenters. The molecular weight excluding hydrogens is 356 g/mol. The lowest BCUT2D eigenvalue weighted by molar-refractivity contribution is 0.0514. The van der Waals surface area contributed by atoms with Crippen LogP contribution in [0.2, 0.25) is 0 Å². The summed E-state index contributed by atoms with van der Waals surface area (Å²) in [5.74, 6) is -0.447. The lowest BCUT2D eigenvalue weighted by Crippen LogP contribution is -2.33. The fourth-order valence-electron chi connectivity index (χ4n) is 3.47. The molecule has 0 saturated heterocycles. The molecular formula is C22H30N2O4. The minimum atomic E-state index is -0.646. The molecule has 1 aromatic carbocycles. The van der Waals surface area contributed by atoms with Gasteiger partial charge in [-0.15, -0.1) is 0 Å². The maximum atomic E-state index is 12.8. The van der Waals surface area contributed by atoms with Gasteiger partial charge < -0.3 is 19.7 Å². The van der Waals surface area contributed by atoms with E-state index in [0.717, 1.165) is 11.3 Å². The van der Waals surface area contributed by atoms with Crippen LogP contribution in [0.3, 0.4) is 0 Å². The Morgan fingerprint density at radius 3 is 2.46 bits per heavy atom. The first-order valence-corrected chi connectivity index (χ1v) is 9.62. The van der Waals surface area contributed by atoms with Crippen molar-refractivity contribution in [3.8, 4) is 0 Å². The molecule has 6 heteroatoms. The largest absolute Gasteiger partial charge is 0.461 e. The van der Waals surface area contributed by atoms with Gasteiger partial charge in [0.2, 0.25) is 0 Å². The predicted molar refractivity (Wildman–Crippen MR) is 109 cm³/mol. The van der Waals surface area contributed by atoms with Crippen molar-refractivity contribution in [3.05, 3.63) is 58.4 Å². The predicted octanol–water partition coefficient (Wildman–Crippen LogP) is 3.10. The number of carbonyl (C=O) groups is 2. The Bertz CT molecular complexity index is 827. The van der Waals surface area contributed by atoms with Crippen molar-refractivity contribution >= 4 is 11.8 Å². The van der Waals surface area contributed by atoms with Gasteiger partial charge in [-0.25, -0.2) is 4.79 Å². The molecule has 0 bridgehead atoms. The number of ether oxygens (including phenoxy) is 1. The second kappa shape index (κ2) is 9.66. The van der Waals surface area contributed by atoms with Crippen molar-refractivity contribution in [2.45, 2.75) is 46.3 Å². The van der Waals surface area contributed by atoms with Crippen molar-refractivity contribution in [1.29, 1.82) is 0 Å². The maximum Gasteiger partial charge on any atom is 0.355 e. The molecule has 1 heterocycles. The van der Waals surface area contributed by atoms with Gasteiger partial charge in [0.1, 0.15) is 5.69 Å². The number of carbonyl (C=O) groups excluding carboxylic acids is 2. The molecule has 2 N–H and O–H groups in total. The Labute approximate surface area is 166 Å². The van der Waals surface area contributed by atoms with E-state index in [2.05, 4.69) is 5.32 Å². The van der Waals surface area contributed by atoms with E-state index in [1.54, 1.807) is 25.5 Å². The van der Waals surface area contributed by atoms with Crippen LogP contribution in [0.1, 0.15) is 64.0 Å². The average Bonchev–Trinajstić information content (AvgIpc) is 2.90. The Hall–Kier alpha value is -2.44. The highest BCUT2D eigenvalue weighted by molar-refractivity contribution is 6.02. The molecule has 1 aromatic heterocycles. The van der Waals surface area contributed by atoms with Crippen molar-refractivity contribution < 1.29 is 19.4 Å². The summed E-state index contributed by atoms with van der Waals surface area (Å²) in [4.78, 5) is 25.0. The van der Waals surface area contributed by atoms with E-state index >= 15 is 0 Å².